The number of anilines is 1. The van der Waals surface area contributed by atoms with Crippen LogP contribution >= 0.6 is 11.6 Å². The molecule has 2 aromatic rings. The standard InChI is InChI=1S/C18H25ClN8/c1-2-20-18(22-11-16-25-24-15-6-4-9-27(15)16)23-13-7-10-26(12-13)17-14(19)5-3-8-21-17/h3,5,8,13H,2,4,6-7,9-12H2,1H3,(H2,20,22,23). The minimum absolute atomic E-state index is 0.296. The molecule has 4 heterocycles. The van der Waals surface area contributed by atoms with Crippen molar-refractivity contribution in [3.8, 4) is 0 Å². The zero-order valence-corrected chi connectivity index (χ0v) is 16.3. The van der Waals surface area contributed by atoms with Gasteiger partial charge in [0.2, 0.25) is 0 Å². The Morgan fingerprint density at radius 3 is 3.15 bits per heavy atom. The van der Waals surface area contributed by atoms with Gasteiger partial charge < -0.3 is 20.1 Å². The van der Waals surface area contributed by atoms with E-state index >= 15 is 0 Å². The number of hydrogen-bond acceptors (Lipinski definition) is 5. The van der Waals surface area contributed by atoms with E-state index in [4.69, 9.17) is 16.6 Å². The lowest BCUT2D eigenvalue weighted by molar-refractivity contribution is 0.642. The Morgan fingerprint density at radius 1 is 1.37 bits per heavy atom. The van der Waals surface area contributed by atoms with E-state index in [1.807, 2.05) is 12.1 Å². The molecule has 2 aromatic heterocycles. The lowest BCUT2D eigenvalue weighted by Gasteiger charge is -2.20. The molecule has 9 heteroatoms. The monoisotopic (exact) mass is 388 g/mol. The van der Waals surface area contributed by atoms with E-state index in [9.17, 15) is 0 Å². The first-order chi connectivity index (χ1) is 13.2. The molecular formula is C18H25ClN8. The molecule has 0 amide bonds. The molecule has 0 spiro atoms. The molecular weight excluding hydrogens is 364 g/mol. The third kappa shape index (κ3) is 4.00. The highest BCUT2D eigenvalue weighted by Crippen LogP contribution is 2.25. The molecule has 8 nitrogen and oxygen atoms in total. The number of nitrogens with one attached hydrogen (secondary N) is 2. The Morgan fingerprint density at radius 2 is 2.30 bits per heavy atom. The summed E-state index contributed by atoms with van der Waals surface area (Å²) < 4.78 is 2.19. The summed E-state index contributed by atoms with van der Waals surface area (Å²) in [5, 5.41) is 16.1. The molecule has 1 fully saturated rings. The predicted octanol–water partition coefficient (Wildman–Crippen LogP) is 1.61. The number of hydrogen-bond donors (Lipinski definition) is 2. The Bertz CT molecular complexity index is 817. The third-order valence-corrected chi connectivity index (χ3v) is 5.27. The molecule has 2 aliphatic heterocycles. The molecule has 2 aliphatic rings. The van der Waals surface area contributed by atoms with Gasteiger partial charge in [0.25, 0.3) is 0 Å². The van der Waals surface area contributed by atoms with Gasteiger partial charge in [0, 0.05) is 44.8 Å². The number of pyridine rings is 1. The van der Waals surface area contributed by atoms with E-state index in [1.165, 1.54) is 0 Å². The van der Waals surface area contributed by atoms with E-state index in [-0.39, 0.29) is 0 Å². The van der Waals surface area contributed by atoms with Crippen LogP contribution in [-0.4, -0.2) is 51.4 Å². The van der Waals surface area contributed by atoms with Crippen molar-refractivity contribution in [3.63, 3.8) is 0 Å². The molecule has 0 radical (unpaired) electrons. The van der Waals surface area contributed by atoms with Crippen LogP contribution in [0.1, 0.15) is 31.4 Å². The highest BCUT2D eigenvalue weighted by Gasteiger charge is 2.25. The summed E-state index contributed by atoms with van der Waals surface area (Å²) in [6.45, 7) is 6.18. The van der Waals surface area contributed by atoms with Crippen molar-refractivity contribution in [1.29, 1.82) is 0 Å². The van der Waals surface area contributed by atoms with Crippen LogP contribution in [0.5, 0.6) is 0 Å². The number of rotatable bonds is 5. The molecule has 0 saturated carbocycles. The third-order valence-electron chi connectivity index (χ3n) is 4.98. The Balaban J connectivity index is 1.39. The molecule has 144 valence electrons. The van der Waals surface area contributed by atoms with Crippen LogP contribution in [-0.2, 0) is 19.5 Å². The minimum atomic E-state index is 0.296. The van der Waals surface area contributed by atoms with Gasteiger partial charge in [0.1, 0.15) is 18.2 Å². The van der Waals surface area contributed by atoms with E-state index < -0.39 is 0 Å². The van der Waals surface area contributed by atoms with Crippen molar-refractivity contribution in [2.45, 2.75) is 45.3 Å². The first-order valence-electron chi connectivity index (χ1n) is 9.56. The fourth-order valence-corrected chi connectivity index (χ4v) is 3.91. The van der Waals surface area contributed by atoms with Crippen molar-refractivity contribution in [3.05, 3.63) is 35.0 Å². The number of halogens is 1. The largest absolute Gasteiger partial charge is 0.357 e. The van der Waals surface area contributed by atoms with Gasteiger partial charge in [-0.25, -0.2) is 9.98 Å². The Kier molecular flexibility index (Phi) is 5.42. The summed E-state index contributed by atoms with van der Waals surface area (Å²) >= 11 is 6.28. The van der Waals surface area contributed by atoms with Gasteiger partial charge in [0.15, 0.2) is 11.8 Å². The zero-order chi connectivity index (χ0) is 18.6. The summed E-state index contributed by atoms with van der Waals surface area (Å²) in [5.41, 5.74) is 0. The van der Waals surface area contributed by atoms with Crippen molar-refractivity contribution < 1.29 is 0 Å². The van der Waals surface area contributed by atoms with Crippen LogP contribution in [0, 0.1) is 0 Å². The van der Waals surface area contributed by atoms with Crippen LogP contribution in [0.25, 0.3) is 0 Å². The van der Waals surface area contributed by atoms with E-state index in [1.54, 1.807) is 6.20 Å². The van der Waals surface area contributed by atoms with Crippen LogP contribution in [0.4, 0.5) is 5.82 Å². The molecule has 1 atom stereocenters. The number of guanidine groups is 1. The first-order valence-corrected chi connectivity index (χ1v) is 9.93. The second-order valence-electron chi connectivity index (χ2n) is 6.87. The highest BCUT2D eigenvalue weighted by atomic mass is 35.5. The van der Waals surface area contributed by atoms with Crippen LogP contribution in [0.2, 0.25) is 5.02 Å². The fraction of sp³-hybridized carbons (Fsp3) is 0.556. The molecule has 2 N–H and O–H groups in total. The molecule has 1 unspecified atom stereocenters. The van der Waals surface area contributed by atoms with Crippen LogP contribution in [0.3, 0.4) is 0 Å². The maximum atomic E-state index is 6.28. The van der Waals surface area contributed by atoms with Crippen molar-refractivity contribution in [1.82, 2.24) is 30.4 Å². The smallest absolute Gasteiger partial charge is 0.191 e. The van der Waals surface area contributed by atoms with E-state index in [0.717, 1.165) is 68.9 Å². The topological polar surface area (TPSA) is 83.3 Å². The van der Waals surface area contributed by atoms with Crippen molar-refractivity contribution in [2.75, 3.05) is 24.5 Å². The SMILES string of the molecule is CCNC(=NCc1nnc2n1CCC2)NC1CCN(c2ncccc2Cl)C1. The molecule has 1 saturated heterocycles. The number of aliphatic imine (C=N–C) groups is 1. The minimum Gasteiger partial charge on any atom is -0.357 e. The van der Waals surface area contributed by atoms with Gasteiger partial charge in [0.05, 0.1) is 5.02 Å². The average molecular weight is 389 g/mol. The lowest BCUT2D eigenvalue weighted by atomic mass is 10.3. The summed E-state index contributed by atoms with van der Waals surface area (Å²) in [6.07, 6.45) is 4.96. The first kappa shape index (κ1) is 18.0. The fourth-order valence-electron chi connectivity index (χ4n) is 3.67. The molecule has 27 heavy (non-hydrogen) atoms. The summed E-state index contributed by atoms with van der Waals surface area (Å²) in [4.78, 5) is 11.4. The van der Waals surface area contributed by atoms with Crippen LogP contribution in [0.15, 0.2) is 23.3 Å². The van der Waals surface area contributed by atoms with Gasteiger partial charge in [-0.05, 0) is 31.9 Å². The van der Waals surface area contributed by atoms with E-state index in [0.29, 0.717) is 17.6 Å². The maximum Gasteiger partial charge on any atom is 0.191 e. The number of fused-ring (bicyclic) bond motifs is 1. The zero-order valence-electron chi connectivity index (χ0n) is 15.5. The Hall–Kier alpha value is -2.35. The number of aromatic nitrogens is 4. The Labute approximate surface area is 164 Å². The van der Waals surface area contributed by atoms with Gasteiger partial charge >= 0.3 is 0 Å². The van der Waals surface area contributed by atoms with Gasteiger partial charge in [-0.1, -0.05) is 11.6 Å². The molecule has 4 rings (SSSR count). The highest BCUT2D eigenvalue weighted by molar-refractivity contribution is 6.32. The van der Waals surface area contributed by atoms with Gasteiger partial charge in [-0.3, -0.25) is 0 Å². The predicted molar refractivity (Wildman–Crippen MR) is 106 cm³/mol. The normalized spacial score (nSPS) is 19.4. The summed E-state index contributed by atoms with van der Waals surface area (Å²) in [5.74, 6) is 3.68. The van der Waals surface area contributed by atoms with Crippen molar-refractivity contribution >= 4 is 23.4 Å². The quantitative estimate of drug-likeness (QED) is 0.598. The second-order valence-corrected chi connectivity index (χ2v) is 7.27. The van der Waals surface area contributed by atoms with Crippen LogP contribution < -0.4 is 15.5 Å². The molecule has 0 bridgehead atoms. The van der Waals surface area contributed by atoms with Gasteiger partial charge in [-0.15, -0.1) is 10.2 Å². The molecule has 0 aromatic carbocycles. The van der Waals surface area contributed by atoms with Crippen molar-refractivity contribution in [2.24, 2.45) is 4.99 Å². The molecule has 0 aliphatic carbocycles. The van der Waals surface area contributed by atoms with Gasteiger partial charge in [-0.2, -0.15) is 0 Å². The average Bonchev–Trinajstić information content (AvgIpc) is 3.38. The maximum absolute atomic E-state index is 6.28. The second kappa shape index (κ2) is 8.12. The number of aryl methyl sites for hydroxylation is 1. The lowest BCUT2D eigenvalue weighted by Crippen LogP contribution is -2.44. The summed E-state index contributed by atoms with van der Waals surface area (Å²) in [7, 11) is 0. The number of nitrogens with zero attached hydrogens (tertiary/aromatic N) is 6. The summed E-state index contributed by atoms with van der Waals surface area (Å²) in [6, 6.07) is 4.03. The van der Waals surface area contributed by atoms with E-state index in [2.05, 4.69) is 42.2 Å².